The van der Waals surface area contributed by atoms with E-state index in [0.717, 1.165) is 22.5 Å². The molecule has 4 aromatic rings. The molecule has 0 aliphatic rings. The summed E-state index contributed by atoms with van der Waals surface area (Å²) >= 11 is 1.48. The number of hydrogen-bond acceptors (Lipinski definition) is 4. The number of benzene rings is 3. The first kappa shape index (κ1) is 21.1. The maximum absolute atomic E-state index is 12.9. The number of thioether (sulfide) groups is 1. The van der Waals surface area contributed by atoms with Gasteiger partial charge in [-0.1, -0.05) is 18.2 Å². The summed E-state index contributed by atoms with van der Waals surface area (Å²) in [6.07, 6.45) is 0. The predicted molar refractivity (Wildman–Crippen MR) is 129 cm³/mol. The van der Waals surface area contributed by atoms with Crippen LogP contribution < -0.4 is 14.8 Å². The standard InChI is InChI=1S/C25H26N2O3S/c1-5-27-21-9-7-6-8-19(21)20-14-17(10-12-22(20)27)26-25(28)16(2)31-18-11-13-23(29-3)24(15-18)30-4/h6-16H,5H2,1-4H3,(H,26,28). The third-order valence-electron chi connectivity index (χ3n) is 5.39. The molecule has 1 heterocycles. The Morgan fingerprint density at radius 1 is 0.968 bits per heavy atom. The topological polar surface area (TPSA) is 52.5 Å². The van der Waals surface area contributed by atoms with Crippen molar-refractivity contribution >= 4 is 45.2 Å². The second kappa shape index (κ2) is 8.94. The summed E-state index contributed by atoms with van der Waals surface area (Å²) in [6.45, 7) is 4.95. The maximum Gasteiger partial charge on any atom is 0.237 e. The summed E-state index contributed by atoms with van der Waals surface area (Å²) in [5, 5.41) is 5.15. The number of ether oxygens (including phenoxy) is 2. The molecule has 0 aliphatic heterocycles. The van der Waals surface area contributed by atoms with Crippen LogP contribution >= 0.6 is 11.8 Å². The number of methoxy groups -OCH3 is 2. The molecular formula is C25H26N2O3S. The van der Waals surface area contributed by atoms with Gasteiger partial charge in [-0.3, -0.25) is 4.79 Å². The van der Waals surface area contributed by atoms with Crippen molar-refractivity contribution in [1.29, 1.82) is 0 Å². The van der Waals surface area contributed by atoms with E-state index in [1.54, 1.807) is 14.2 Å². The summed E-state index contributed by atoms with van der Waals surface area (Å²) in [5.41, 5.74) is 3.19. The second-order valence-electron chi connectivity index (χ2n) is 7.26. The molecule has 1 unspecified atom stereocenters. The van der Waals surface area contributed by atoms with E-state index in [4.69, 9.17) is 9.47 Å². The minimum atomic E-state index is -0.272. The molecule has 0 radical (unpaired) electrons. The third kappa shape index (κ3) is 4.08. The van der Waals surface area contributed by atoms with Crippen LogP contribution in [0.1, 0.15) is 13.8 Å². The first-order valence-electron chi connectivity index (χ1n) is 10.3. The number of amides is 1. The highest BCUT2D eigenvalue weighted by Gasteiger charge is 2.17. The van der Waals surface area contributed by atoms with Crippen LogP contribution in [0.4, 0.5) is 5.69 Å². The van der Waals surface area contributed by atoms with E-state index in [0.29, 0.717) is 11.5 Å². The predicted octanol–water partition coefficient (Wildman–Crippen LogP) is 5.95. The van der Waals surface area contributed by atoms with Gasteiger partial charge in [0.25, 0.3) is 0 Å². The Morgan fingerprint density at radius 3 is 2.45 bits per heavy atom. The first-order valence-corrected chi connectivity index (χ1v) is 11.1. The highest BCUT2D eigenvalue weighted by Crippen LogP contribution is 2.34. The van der Waals surface area contributed by atoms with Crippen molar-refractivity contribution in [2.45, 2.75) is 30.5 Å². The number of rotatable bonds is 7. The number of fused-ring (bicyclic) bond motifs is 3. The minimum absolute atomic E-state index is 0.0432. The van der Waals surface area contributed by atoms with Gasteiger partial charge in [0, 0.05) is 38.9 Å². The fourth-order valence-corrected chi connectivity index (χ4v) is 4.76. The Kier molecular flexibility index (Phi) is 6.09. The average molecular weight is 435 g/mol. The van der Waals surface area contributed by atoms with Gasteiger partial charge in [0.1, 0.15) is 0 Å². The molecule has 0 fully saturated rings. The van der Waals surface area contributed by atoms with Crippen LogP contribution in [0.5, 0.6) is 11.5 Å². The van der Waals surface area contributed by atoms with Gasteiger partial charge in [-0.2, -0.15) is 0 Å². The zero-order chi connectivity index (χ0) is 22.0. The quantitative estimate of drug-likeness (QED) is 0.365. The molecule has 0 saturated carbocycles. The van der Waals surface area contributed by atoms with E-state index in [1.165, 1.54) is 28.2 Å². The lowest BCUT2D eigenvalue weighted by atomic mass is 10.1. The van der Waals surface area contributed by atoms with E-state index in [-0.39, 0.29) is 11.2 Å². The van der Waals surface area contributed by atoms with Gasteiger partial charge in [0.2, 0.25) is 5.91 Å². The Balaban J connectivity index is 1.55. The van der Waals surface area contributed by atoms with Gasteiger partial charge in [0.05, 0.1) is 19.5 Å². The van der Waals surface area contributed by atoms with Crippen LogP contribution in [0.3, 0.4) is 0 Å². The normalized spacial score (nSPS) is 12.1. The summed E-state index contributed by atoms with van der Waals surface area (Å²) in [7, 11) is 3.21. The number of nitrogens with one attached hydrogen (secondary N) is 1. The average Bonchev–Trinajstić information content (AvgIpc) is 3.11. The van der Waals surface area contributed by atoms with Gasteiger partial charge in [0.15, 0.2) is 11.5 Å². The van der Waals surface area contributed by atoms with E-state index < -0.39 is 0 Å². The zero-order valence-corrected chi connectivity index (χ0v) is 19.0. The van der Waals surface area contributed by atoms with E-state index in [1.807, 2.05) is 31.2 Å². The van der Waals surface area contributed by atoms with Crippen LogP contribution in [-0.2, 0) is 11.3 Å². The highest BCUT2D eigenvalue weighted by molar-refractivity contribution is 8.00. The Bertz CT molecular complexity index is 1250. The monoisotopic (exact) mass is 434 g/mol. The molecule has 0 aliphatic carbocycles. The third-order valence-corrected chi connectivity index (χ3v) is 6.49. The summed E-state index contributed by atoms with van der Waals surface area (Å²) < 4.78 is 12.9. The summed E-state index contributed by atoms with van der Waals surface area (Å²) in [5.74, 6) is 1.28. The van der Waals surface area contributed by atoms with Crippen LogP contribution in [-0.4, -0.2) is 29.9 Å². The zero-order valence-electron chi connectivity index (χ0n) is 18.1. The highest BCUT2D eigenvalue weighted by atomic mass is 32.2. The maximum atomic E-state index is 12.9. The SMILES string of the molecule is CCn1c2ccccc2c2cc(NC(=O)C(C)Sc3ccc(OC)c(OC)c3)ccc21. The fourth-order valence-electron chi connectivity index (χ4n) is 3.86. The number of aryl methyl sites for hydroxylation is 1. The molecule has 31 heavy (non-hydrogen) atoms. The summed E-state index contributed by atoms with van der Waals surface area (Å²) in [6, 6.07) is 20.2. The van der Waals surface area contributed by atoms with Crippen molar-refractivity contribution in [3.63, 3.8) is 0 Å². The minimum Gasteiger partial charge on any atom is -0.493 e. The molecule has 5 nitrogen and oxygen atoms in total. The number of anilines is 1. The fraction of sp³-hybridized carbons (Fsp3) is 0.240. The number of nitrogens with zero attached hydrogens (tertiary/aromatic N) is 1. The molecule has 1 aromatic heterocycles. The lowest BCUT2D eigenvalue weighted by molar-refractivity contribution is -0.115. The lowest BCUT2D eigenvalue weighted by Gasteiger charge is -2.14. The van der Waals surface area contributed by atoms with Gasteiger partial charge in [-0.25, -0.2) is 0 Å². The van der Waals surface area contributed by atoms with Crippen molar-refractivity contribution in [3.8, 4) is 11.5 Å². The molecule has 3 aromatic carbocycles. The van der Waals surface area contributed by atoms with Crippen molar-refractivity contribution in [2.75, 3.05) is 19.5 Å². The first-order chi connectivity index (χ1) is 15.0. The summed E-state index contributed by atoms with van der Waals surface area (Å²) in [4.78, 5) is 13.8. The van der Waals surface area contributed by atoms with Crippen molar-refractivity contribution < 1.29 is 14.3 Å². The van der Waals surface area contributed by atoms with Crippen molar-refractivity contribution in [3.05, 3.63) is 60.7 Å². The van der Waals surface area contributed by atoms with Gasteiger partial charge >= 0.3 is 0 Å². The van der Waals surface area contributed by atoms with Crippen LogP contribution in [0, 0.1) is 0 Å². The van der Waals surface area contributed by atoms with Crippen molar-refractivity contribution in [1.82, 2.24) is 4.57 Å². The number of hydrogen-bond donors (Lipinski definition) is 1. The van der Waals surface area contributed by atoms with Gasteiger partial charge < -0.3 is 19.4 Å². The van der Waals surface area contributed by atoms with Crippen LogP contribution in [0.25, 0.3) is 21.8 Å². The van der Waals surface area contributed by atoms with Crippen LogP contribution in [0.2, 0.25) is 0 Å². The van der Waals surface area contributed by atoms with E-state index in [2.05, 4.69) is 53.2 Å². The van der Waals surface area contributed by atoms with Gasteiger partial charge in [-0.15, -0.1) is 11.8 Å². The Labute approximate surface area is 186 Å². The number of carbonyl (C=O) groups excluding carboxylic acids is 1. The Hall–Kier alpha value is -3.12. The molecule has 1 N–H and O–H groups in total. The molecule has 0 bridgehead atoms. The van der Waals surface area contributed by atoms with E-state index >= 15 is 0 Å². The number of para-hydroxylation sites is 1. The van der Waals surface area contributed by atoms with E-state index in [9.17, 15) is 4.79 Å². The molecule has 0 spiro atoms. The molecule has 6 heteroatoms. The lowest BCUT2D eigenvalue weighted by Crippen LogP contribution is -2.22. The number of carbonyl (C=O) groups is 1. The molecular weight excluding hydrogens is 408 g/mol. The van der Waals surface area contributed by atoms with Crippen molar-refractivity contribution in [2.24, 2.45) is 0 Å². The Morgan fingerprint density at radius 2 is 1.71 bits per heavy atom. The second-order valence-corrected chi connectivity index (χ2v) is 8.67. The smallest absolute Gasteiger partial charge is 0.237 e. The molecule has 4 rings (SSSR count). The van der Waals surface area contributed by atoms with Gasteiger partial charge in [-0.05, 0) is 56.3 Å². The largest absolute Gasteiger partial charge is 0.493 e. The molecule has 160 valence electrons. The number of aromatic nitrogens is 1. The molecule has 0 saturated heterocycles. The molecule has 1 atom stereocenters. The molecule has 1 amide bonds. The van der Waals surface area contributed by atoms with Crippen LogP contribution in [0.15, 0.2) is 65.6 Å².